The van der Waals surface area contributed by atoms with Gasteiger partial charge in [-0.2, -0.15) is 9.29 Å². The second-order valence-electron chi connectivity index (χ2n) is 7.02. The molecule has 30 heavy (non-hydrogen) atoms. The van der Waals surface area contributed by atoms with Crippen LogP contribution in [0.5, 0.6) is 5.19 Å². The van der Waals surface area contributed by atoms with Crippen LogP contribution in [-0.4, -0.2) is 42.7 Å². The maximum Gasteiger partial charge on any atom is 0.274 e. The van der Waals surface area contributed by atoms with E-state index in [-0.39, 0.29) is 40.6 Å². The second kappa shape index (κ2) is 8.01. The molecular weight excluding hydrogens is 434 g/mol. The van der Waals surface area contributed by atoms with Crippen molar-refractivity contribution < 1.29 is 26.7 Å². The van der Waals surface area contributed by atoms with Crippen LogP contribution in [0.1, 0.15) is 30.1 Å². The molecule has 0 amide bonds. The summed E-state index contributed by atoms with van der Waals surface area (Å²) in [5.41, 5.74) is 0.399. The number of carbonyl (C=O) groups is 1. The molecule has 0 spiro atoms. The molecule has 0 atom stereocenters. The van der Waals surface area contributed by atoms with Gasteiger partial charge in [-0.05, 0) is 38.0 Å². The highest BCUT2D eigenvalue weighted by Crippen LogP contribution is 2.32. The zero-order valence-electron chi connectivity index (χ0n) is 16.0. The maximum absolute atomic E-state index is 13.8. The number of rotatable bonds is 5. The lowest BCUT2D eigenvalue weighted by Crippen LogP contribution is -2.41. The minimum absolute atomic E-state index is 0.0572. The maximum atomic E-state index is 13.8. The summed E-state index contributed by atoms with van der Waals surface area (Å²) >= 11 is 1.05. The first-order valence-corrected chi connectivity index (χ1v) is 11.5. The SMILES string of the molecule is CC(=O)c1cccc(S(=O)(=O)N2CCC(Oc3nc4c(F)cc(F)cc4s3)CC2)c1. The molecule has 2 aromatic carbocycles. The van der Waals surface area contributed by atoms with Crippen LogP contribution in [0.15, 0.2) is 41.3 Å². The molecule has 0 bridgehead atoms. The Kier molecular flexibility index (Phi) is 5.56. The zero-order valence-corrected chi connectivity index (χ0v) is 17.6. The number of hydrogen-bond acceptors (Lipinski definition) is 6. The summed E-state index contributed by atoms with van der Waals surface area (Å²) in [5, 5.41) is 0.227. The van der Waals surface area contributed by atoms with Crippen molar-refractivity contribution in [1.82, 2.24) is 9.29 Å². The number of carbonyl (C=O) groups excluding carboxylic acids is 1. The number of hydrogen-bond donors (Lipinski definition) is 0. The lowest BCUT2D eigenvalue weighted by Gasteiger charge is -2.30. The van der Waals surface area contributed by atoms with Crippen LogP contribution in [-0.2, 0) is 10.0 Å². The zero-order chi connectivity index (χ0) is 21.5. The largest absolute Gasteiger partial charge is 0.467 e. The minimum atomic E-state index is -3.72. The van der Waals surface area contributed by atoms with Gasteiger partial charge in [0, 0.05) is 24.7 Å². The van der Waals surface area contributed by atoms with E-state index in [2.05, 4.69) is 4.98 Å². The van der Waals surface area contributed by atoms with Crippen LogP contribution in [0.25, 0.3) is 10.2 Å². The first-order valence-electron chi connectivity index (χ1n) is 9.27. The van der Waals surface area contributed by atoms with Gasteiger partial charge in [0.25, 0.3) is 5.19 Å². The molecule has 10 heteroatoms. The molecule has 1 aromatic heterocycles. The Morgan fingerprint density at radius 1 is 1.20 bits per heavy atom. The number of Topliss-reactive ketones (excluding diaryl/α,β-unsaturated/α-hetero) is 1. The highest BCUT2D eigenvalue weighted by atomic mass is 32.2. The van der Waals surface area contributed by atoms with Gasteiger partial charge in [-0.15, -0.1) is 0 Å². The summed E-state index contributed by atoms with van der Waals surface area (Å²) in [7, 11) is -3.72. The number of piperidine rings is 1. The van der Waals surface area contributed by atoms with Gasteiger partial charge < -0.3 is 4.74 Å². The average molecular weight is 453 g/mol. The average Bonchev–Trinajstić information content (AvgIpc) is 3.11. The van der Waals surface area contributed by atoms with Crippen molar-refractivity contribution in [2.45, 2.75) is 30.8 Å². The van der Waals surface area contributed by atoms with Crippen LogP contribution in [0, 0.1) is 11.6 Å². The van der Waals surface area contributed by atoms with Crippen LogP contribution in [0.3, 0.4) is 0 Å². The predicted molar refractivity (Wildman–Crippen MR) is 108 cm³/mol. The Morgan fingerprint density at radius 2 is 1.93 bits per heavy atom. The third kappa shape index (κ3) is 4.07. The van der Waals surface area contributed by atoms with E-state index in [1.54, 1.807) is 12.1 Å². The number of halogens is 2. The summed E-state index contributed by atoms with van der Waals surface area (Å²) in [4.78, 5) is 15.7. The molecule has 1 aliphatic rings. The number of sulfonamides is 1. The molecule has 0 unspecified atom stereocenters. The summed E-state index contributed by atoms with van der Waals surface area (Å²) in [6.45, 7) is 1.87. The van der Waals surface area contributed by atoms with Gasteiger partial charge in [0.15, 0.2) is 11.6 Å². The van der Waals surface area contributed by atoms with Crippen molar-refractivity contribution in [1.29, 1.82) is 0 Å². The van der Waals surface area contributed by atoms with Gasteiger partial charge in [-0.25, -0.2) is 17.2 Å². The van der Waals surface area contributed by atoms with E-state index in [9.17, 15) is 22.0 Å². The quantitative estimate of drug-likeness (QED) is 0.547. The van der Waals surface area contributed by atoms with Crippen molar-refractivity contribution in [3.8, 4) is 5.19 Å². The summed E-state index contributed by atoms with van der Waals surface area (Å²) < 4.78 is 60.5. The highest BCUT2D eigenvalue weighted by Gasteiger charge is 2.31. The molecule has 1 fully saturated rings. The van der Waals surface area contributed by atoms with Gasteiger partial charge in [0.2, 0.25) is 10.0 Å². The van der Waals surface area contributed by atoms with Crippen molar-refractivity contribution in [2.75, 3.05) is 13.1 Å². The van der Waals surface area contributed by atoms with Gasteiger partial charge in [-0.3, -0.25) is 4.79 Å². The normalized spacial score (nSPS) is 16.1. The monoisotopic (exact) mass is 452 g/mol. The molecule has 1 aliphatic heterocycles. The number of benzene rings is 2. The fraction of sp³-hybridized carbons (Fsp3) is 0.300. The highest BCUT2D eigenvalue weighted by molar-refractivity contribution is 7.89. The van der Waals surface area contributed by atoms with E-state index in [4.69, 9.17) is 4.74 Å². The Labute approximate surface area is 176 Å². The fourth-order valence-corrected chi connectivity index (χ4v) is 5.78. The molecule has 0 radical (unpaired) electrons. The van der Waals surface area contributed by atoms with Gasteiger partial charge in [0.1, 0.15) is 17.4 Å². The fourth-order valence-electron chi connectivity index (χ4n) is 3.34. The molecule has 0 N–H and O–H groups in total. The number of thiazole rings is 1. The lowest BCUT2D eigenvalue weighted by atomic mass is 10.1. The van der Waals surface area contributed by atoms with E-state index in [1.165, 1.54) is 29.4 Å². The van der Waals surface area contributed by atoms with Crippen LogP contribution in [0.2, 0.25) is 0 Å². The predicted octanol–water partition coefficient (Wildman–Crippen LogP) is 4.01. The van der Waals surface area contributed by atoms with Crippen molar-refractivity contribution in [2.24, 2.45) is 0 Å². The Bertz CT molecular complexity index is 1220. The van der Waals surface area contributed by atoms with Crippen LogP contribution in [0.4, 0.5) is 8.78 Å². The Morgan fingerprint density at radius 3 is 2.63 bits per heavy atom. The number of nitrogens with zero attached hydrogens (tertiary/aromatic N) is 2. The Balaban J connectivity index is 1.44. The van der Waals surface area contributed by atoms with E-state index in [0.717, 1.165) is 17.4 Å². The summed E-state index contributed by atoms with van der Waals surface area (Å²) in [6.07, 6.45) is 0.574. The van der Waals surface area contributed by atoms with Crippen molar-refractivity contribution >= 4 is 37.4 Å². The van der Waals surface area contributed by atoms with Crippen LogP contribution < -0.4 is 4.74 Å². The third-order valence-electron chi connectivity index (χ3n) is 4.94. The molecule has 2 heterocycles. The molecule has 3 aromatic rings. The lowest BCUT2D eigenvalue weighted by molar-refractivity contribution is 0.101. The molecule has 0 saturated carbocycles. The standard InChI is InChI=1S/C20H18F2N2O4S2/c1-12(25)13-3-2-4-16(9-13)30(26,27)24-7-5-15(6-8-24)28-20-23-19-17(22)10-14(21)11-18(19)29-20/h2-4,9-11,15H,5-8H2,1H3. The number of ketones is 1. The van der Waals surface area contributed by atoms with Gasteiger partial charge in [-0.1, -0.05) is 23.5 Å². The van der Waals surface area contributed by atoms with Crippen LogP contribution >= 0.6 is 11.3 Å². The second-order valence-corrected chi connectivity index (χ2v) is 9.95. The van der Waals surface area contributed by atoms with E-state index in [1.807, 2.05) is 0 Å². The minimum Gasteiger partial charge on any atom is -0.467 e. The number of aromatic nitrogens is 1. The number of fused-ring (bicyclic) bond motifs is 1. The molecule has 158 valence electrons. The van der Waals surface area contributed by atoms with Gasteiger partial charge in [0.05, 0.1) is 9.60 Å². The molecule has 6 nitrogen and oxygen atoms in total. The molecular formula is C20H18F2N2O4S2. The van der Waals surface area contributed by atoms with Crippen molar-refractivity contribution in [3.63, 3.8) is 0 Å². The summed E-state index contributed by atoms with van der Waals surface area (Å²) in [5.74, 6) is -1.63. The van der Waals surface area contributed by atoms with Crippen molar-refractivity contribution in [3.05, 3.63) is 53.6 Å². The summed E-state index contributed by atoms with van der Waals surface area (Å²) in [6, 6.07) is 7.96. The third-order valence-corrected chi connectivity index (χ3v) is 7.73. The van der Waals surface area contributed by atoms with E-state index >= 15 is 0 Å². The first kappa shape index (κ1) is 20.8. The molecule has 1 saturated heterocycles. The molecule has 4 rings (SSSR count). The smallest absolute Gasteiger partial charge is 0.274 e. The first-order chi connectivity index (χ1) is 14.2. The topological polar surface area (TPSA) is 76.6 Å². The van der Waals surface area contributed by atoms with E-state index in [0.29, 0.717) is 23.1 Å². The van der Waals surface area contributed by atoms with Gasteiger partial charge >= 0.3 is 0 Å². The van der Waals surface area contributed by atoms with E-state index < -0.39 is 21.7 Å². The molecule has 0 aliphatic carbocycles. The Hall–Kier alpha value is -2.43. The number of ether oxygens (including phenoxy) is 1.